The third-order valence-electron chi connectivity index (χ3n) is 3.63. The van der Waals surface area contributed by atoms with E-state index in [0.717, 1.165) is 0 Å². The Hall–Kier alpha value is -3.42. The molecule has 3 rings (SSSR count). The third-order valence-corrected chi connectivity index (χ3v) is 3.63. The molecule has 0 saturated carbocycles. The van der Waals surface area contributed by atoms with E-state index in [-0.39, 0.29) is 22.9 Å². The lowest BCUT2D eigenvalue weighted by Gasteiger charge is -2.08. The van der Waals surface area contributed by atoms with Crippen LogP contribution in [0, 0.1) is 0 Å². The molecule has 0 N–H and O–H groups in total. The molecule has 0 atom stereocenters. The van der Waals surface area contributed by atoms with E-state index in [4.69, 9.17) is 14.2 Å². The molecule has 2 aromatic rings. The van der Waals surface area contributed by atoms with E-state index >= 15 is 0 Å². The van der Waals surface area contributed by atoms with Crippen molar-refractivity contribution in [2.75, 3.05) is 14.2 Å². The van der Waals surface area contributed by atoms with Gasteiger partial charge in [0, 0.05) is 6.07 Å². The van der Waals surface area contributed by atoms with E-state index in [0.29, 0.717) is 17.1 Å². The number of rotatable bonds is 6. The van der Waals surface area contributed by atoms with Crippen molar-refractivity contribution in [1.29, 1.82) is 0 Å². The highest BCUT2D eigenvalue weighted by Gasteiger charge is 2.27. The van der Waals surface area contributed by atoms with Gasteiger partial charge in [-0.25, -0.2) is 9.79 Å². The quantitative estimate of drug-likeness (QED) is 0.570. The lowest BCUT2D eigenvalue weighted by Crippen LogP contribution is -2.10. The first-order valence-corrected chi connectivity index (χ1v) is 7.80. The molecule has 0 aromatic heterocycles. The molecule has 0 amide bonds. The molecular weight excluding hydrogens is 360 g/mol. The molecule has 0 fully saturated rings. The van der Waals surface area contributed by atoms with Crippen LogP contribution in [0.2, 0.25) is 0 Å². The summed E-state index contributed by atoms with van der Waals surface area (Å²) in [5, 5.41) is 0. The summed E-state index contributed by atoms with van der Waals surface area (Å²) < 4.78 is 45.1. The molecule has 0 spiro atoms. The number of halogens is 2. The van der Waals surface area contributed by atoms with Crippen LogP contribution in [0.5, 0.6) is 17.2 Å². The van der Waals surface area contributed by atoms with Crippen molar-refractivity contribution >= 4 is 17.9 Å². The third kappa shape index (κ3) is 4.22. The summed E-state index contributed by atoms with van der Waals surface area (Å²) in [6.07, 6.45) is 1.48. The van der Waals surface area contributed by atoms with Gasteiger partial charge in [0.1, 0.15) is 17.2 Å². The minimum Gasteiger partial charge on any atom is -0.497 e. The van der Waals surface area contributed by atoms with Crippen molar-refractivity contribution in [3.8, 4) is 17.2 Å². The summed E-state index contributed by atoms with van der Waals surface area (Å²) in [5.74, 6) is 0.110. The van der Waals surface area contributed by atoms with Gasteiger partial charge in [-0.2, -0.15) is 8.78 Å². The normalized spacial score (nSPS) is 14.9. The highest BCUT2D eigenvalue weighted by atomic mass is 19.3. The maximum absolute atomic E-state index is 12.6. The fraction of sp³-hybridized carbons (Fsp3) is 0.158. The fourth-order valence-corrected chi connectivity index (χ4v) is 2.44. The molecule has 0 radical (unpaired) electrons. The van der Waals surface area contributed by atoms with Crippen LogP contribution in [-0.2, 0) is 9.53 Å². The highest BCUT2D eigenvalue weighted by Crippen LogP contribution is 2.28. The number of nitrogens with zero attached hydrogens (tertiary/aromatic N) is 1. The van der Waals surface area contributed by atoms with E-state index in [1.807, 2.05) is 0 Å². The number of esters is 1. The topological polar surface area (TPSA) is 66.3 Å². The zero-order valence-corrected chi connectivity index (χ0v) is 14.4. The van der Waals surface area contributed by atoms with Gasteiger partial charge in [-0.05, 0) is 35.9 Å². The molecule has 8 heteroatoms. The lowest BCUT2D eigenvalue weighted by atomic mass is 10.1. The summed E-state index contributed by atoms with van der Waals surface area (Å²) in [4.78, 5) is 16.3. The molecule has 1 aliphatic rings. The number of alkyl halides is 2. The first kappa shape index (κ1) is 18.4. The predicted molar refractivity (Wildman–Crippen MR) is 93.2 cm³/mol. The van der Waals surface area contributed by atoms with Gasteiger partial charge in [-0.3, -0.25) is 0 Å². The number of carbonyl (C=O) groups excluding carboxylic acids is 1. The Morgan fingerprint density at radius 1 is 1.07 bits per heavy atom. The predicted octanol–water partition coefficient (Wildman–Crippen LogP) is 3.65. The molecule has 1 heterocycles. The zero-order chi connectivity index (χ0) is 19.4. The van der Waals surface area contributed by atoms with E-state index in [1.165, 1.54) is 38.5 Å². The average Bonchev–Trinajstić information content (AvgIpc) is 3.01. The summed E-state index contributed by atoms with van der Waals surface area (Å²) >= 11 is 0. The van der Waals surface area contributed by atoms with Gasteiger partial charge in [0.05, 0.1) is 19.8 Å². The van der Waals surface area contributed by atoms with Gasteiger partial charge in [-0.15, -0.1) is 0 Å². The monoisotopic (exact) mass is 375 g/mol. The van der Waals surface area contributed by atoms with Crippen LogP contribution in [-0.4, -0.2) is 32.7 Å². The maximum Gasteiger partial charge on any atom is 0.387 e. The van der Waals surface area contributed by atoms with Gasteiger partial charge in [0.15, 0.2) is 5.70 Å². The Balaban J connectivity index is 1.97. The van der Waals surface area contributed by atoms with Crippen molar-refractivity contribution in [2.24, 2.45) is 4.99 Å². The standard InChI is InChI=1S/C19H15F2NO5/c1-24-12-7-11(8-13(10-12)25-2)9-15-18(23)27-17(22-15)14-5-3-4-6-16(14)26-19(20)21/h3-10,19H,1-2H3/b15-9-. The van der Waals surface area contributed by atoms with Crippen LogP contribution < -0.4 is 14.2 Å². The Morgan fingerprint density at radius 2 is 1.74 bits per heavy atom. The molecule has 0 aliphatic carbocycles. The minimum atomic E-state index is -3.01. The van der Waals surface area contributed by atoms with Crippen molar-refractivity contribution in [3.63, 3.8) is 0 Å². The first-order chi connectivity index (χ1) is 13.0. The molecule has 2 aromatic carbocycles. The van der Waals surface area contributed by atoms with Crippen molar-refractivity contribution in [3.05, 3.63) is 59.3 Å². The Kier molecular flexibility index (Phi) is 5.35. The lowest BCUT2D eigenvalue weighted by molar-refractivity contribution is -0.129. The number of ether oxygens (including phenoxy) is 4. The number of methoxy groups -OCH3 is 2. The molecular formula is C19H15F2NO5. The summed E-state index contributed by atoms with van der Waals surface area (Å²) in [5.41, 5.74) is 0.755. The van der Waals surface area contributed by atoms with Crippen LogP contribution in [0.15, 0.2) is 53.2 Å². The van der Waals surface area contributed by atoms with Crippen LogP contribution in [0.1, 0.15) is 11.1 Å². The second-order valence-electron chi connectivity index (χ2n) is 5.36. The van der Waals surface area contributed by atoms with Gasteiger partial charge >= 0.3 is 12.6 Å². The average molecular weight is 375 g/mol. The Labute approximate surface area is 153 Å². The second-order valence-corrected chi connectivity index (χ2v) is 5.36. The van der Waals surface area contributed by atoms with Crippen LogP contribution in [0.3, 0.4) is 0 Å². The SMILES string of the molecule is COc1cc(/C=C2\N=C(c3ccccc3OC(F)F)OC2=O)cc(OC)c1. The number of para-hydroxylation sites is 1. The molecule has 6 nitrogen and oxygen atoms in total. The van der Waals surface area contributed by atoms with Gasteiger partial charge < -0.3 is 18.9 Å². The number of benzene rings is 2. The number of hydrogen-bond donors (Lipinski definition) is 0. The van der Waals surface area contributed by atoms with E-state index in [2.05, 4.69) is 9.73 Å². The number of cyclic esters (lactones) is 1. The van der Waals surface area contributed by atoms with Crippen molar-refractivity contribution in [2.45, 2.75) is 6.61 Å². The zero-order valence-electron chi connectivity index (χ0n) is 14.4. The van der Waals surface area contributed by atoms with E-state index in [1.54, 1.807) is 24.3 Å². The summed E-state index contributed by atoms with van der Waals surface area (Å²) in [6, 6.07) is 11.0. The van der Waals surface area contributed by atoms with Crippen LogP contribution in [0.25, 0.3) is 6.08 Å². The molecule has 0 saturated heterocycles. The van der Waals surface area contributed by atoms with Crippen molar-refractivity contribution < 1.29 is 32.5 Å². The smallest absolute Gasteiger partial charge is 0.387 e. The number of aliphatic imine (C=N–C) groups is 1. The number of carbonyl (C=O) groups is 1. The Bertz CT molecular complexity index is 902. The largest absolute Gasteiger partial charge is 0.497 e. The molecule has 0 bridgehead atoms. The summed E-state index contributed by atoms with van der Waals surface area (Å²) in [7, 11) is 3.01. The van der Waals surface area contributed by atoms with E-state index < -0.39 is 12.6 Å². The summed E-state index contributed by atoms with van der Waals surface area (Å²) in [6.45, 7) is -3.01. The van der Waals surface area contributed by atoms with E-state index in [9.17, 15) is 13.6 Å². The number of hydrogen-bond acceptors (Lipinski definition) is 6. The first-order valence-electron chi connectivity index (χ1n) is 7.80. The van der Waals surface area contributed by atoms with Gasteiger partial charge in [0.2, 0.25) is 5.90 Å². The molecule has 27 heavy (non-hydrogen) atoms. The van der Waals surface area contributed by atoms with Crippen LogP contribution >= 0.6 is 0 Å². The molecule has 0 unspecified atom stereocenters. The highest BCUT2D eigenvalue weighted by molar-refractivity contribution is 6.13. The fourth-order valence-electron chi connectivity index (χ4n) is 2.44. The Morgan fingerprint density at radius 3 is 2.37 bits per heavy atom. The molecule has 1 aliphatic heterocycles. The minimum absolute atomic E-state index is 0.00663. The van der Waals surface area contributed by atoms with Gasteiger partial charge in [-0.1, -0.05) is 12.1 Å². The van der Waals surface area contributed by atoms with Crippen LogP contribution in [0.4, 0.5) is 8.78 Å². The maximum atomic E-state index is 12.6. The van der Waals surface area contributed by atoms with Gasteiger partial charge in [0.25, 0.3) is 0 Å². The molecule has 140 valence electrons. The van der Waals surface area contributed by atoms with Crippen molar-refractivity contribution in [1.82, 2.24) is 0 Å². The second kappa shape index (κ2) is 7.86.